The Morgan fingerprint density at radius 1 is 1.23 bits per heavy atom. The zero-order chi connectivity index (χ0) is 15.2. The smallest absolute Gasteiger partial charge is 0.193 e. The quantitative estimate of drug-likeness (QED) is 0.409. The molecule has 2 rings (SSSR count). The Hall–Kier alpha value is -1.96. The van der Waals surface area contributed by atoms with Crippen molar-refractivity contribution in [2.24, 2.45) is 10.7 Å². The average molecular weight is 413 g/mol. The van der Waals surface area contributed by atoms with E-state index in [0.29, 0.717) is 17.3 Å². The van der Waals surface area contributed by atoms with E-state index in [1.807, 2.05) is 31.2 Å². The van der Waals surface area contributed by atoms with Crippen molar-refractivity contribution in [2.75, 3.05) is 12.4 Å². The Balaban J connectivity index is 0.00000242. The molecule has 0 aliphatic rings. The van der Waals surface area contributed by atoms with Crippen molar-refractivity contribution in [2.45, 2.75) is 13.5 Å². The fourth-order valence-corrected chi connectivity index (χ4v) is 1.81. The molecule has 0 aliphatic carbocycles. The van der Waals surface area contributed by atoms with Gasteiger partial charge in [0, 0.05) is 11.3 Å². The van der Waals surface area contributed by atoms with Gasteiger partial charge >= 0.3 is 0 Å². The number of halogens is 1. The number of anilines is 1. The second-order valence-electron chi connectivity index (χ2n) is 4.69. The van der Waals surface area contributed by atoms with E-state index in [4.69, 9.17) is 10.5 Å². The Morgan fingerprint density at radius 2 is 1.91 bits per heavy atom. The van der Waals surface area contributed by atoms with E-state index in [1.54, 1.807) is 25.3 Å². The lowest BCUT2D eigenvalue weighted by atomic mass is 10.2. The summed E-state index contributed by atoms with van der Waals surface area (Å²) in [4.78, 5) is 4.22. The summed E-state index contributed by atoms with van der Waals surface area (Å²) in [5, 5.41) is 12.8. The lowest BCUT2D eigenvalue weighted by molar-refractivity contribution is 0.411. The Kier molecular flexibility index (Phi) is 6.97. The van der Waals surface area contributed by atoms with Gasteiger partial charge in [0.1, 0.15) is 11.5 Å². The third kappa shape index (κ3) is 5.10. The first kappa shape index (κ1) is 18.1. The van der Waals surface area contributed by atoms with Gasteiger partial charge < -0.3 is 20.9 Å². The number of aliphatic imine (C=N–C) groups is 1. The van der Waals surface area contributed by atoms with Crippen LogP contribution in [-0.4, -0.2) is 18.2 Å². The fraction of sp³-hybridized carbons (Fsp3) is 0.188. The fourth-order valence-electron chi connectivity index (χ4n) is 1.81. The molecule has 0 atom stereocenters. The molecule has 0 unspecified atom stereocenters. The summed E-state index contributed by atoms with van der Waals surface area (Å²) in [6, 6.07) is 12.8. The molecular weight excluding hydrogens is 393 g/mol. The van der Waals surface area contributed by atoms with Gasteiger partial charge in [-0.3, -0.25) is 0 Å². The molecule has 2 aromatic carbocycles. The maximum absolute atomic E-state index is 9.78. The third-order valence-electron chi connectivity index (χ3n) is 3.03. The molecule has 0 bridgehead atoms. The highest BCUT2D eigenvalue weighted by molar-refractivity contribution is 14.0. The third-order valence-corrected chi connectivity index (χ3v) is 3.03. The molecule has 2 aromatic rings. The van der Waals surface area contributed by atoms with Crippen LogP contribution < -0.4 is 15.8 Å². The largest absolute Gasteiger partial charge is 0.508 e. The molecule has 0 heterocycles. The number of aromatic hydroxyl groups is 1. The van der Waals surface area contributed by atoms with Crippen LogP contribution in [0.5, 0.6) is 11.5 Å². The second-order valence-corrected chi connectivity index (χ2v) is 4.69. The van der Waals surface area contributed by atoms with E-state index in [9.17, 15) is 5.11 Å². The predicted octanol–water partition coefficient (Wildman–Crippen LogP) is 3.25. The number of nitrogens with zero attached hydrogens (tertiary/aromatic N) is 1. The van der Waals surface area contributed by atoms with E-state index in [-0.39, 0.29) is 36.3 Å². The minimum Gasteiger partial charge on any atom is -0.508 e. The molecule has 0 aromatic heterocycles. The minimum absolute atomic E-state index is 0. The molecule has 22 heavy (non-hydrogen) atoms. The summed E-state index contributed by atoms with van der Waals surface area (Å²) < 4.78 is 5.12. The van der Waals surface area contributed by atoms with Crippen LogP contribution in [-0.2, 0) is 6.54 Å². The van der Waals surface area contributed by atoms with Crippen molar-refractivity contribution < 1.29 is 9.84 Å². The number of benzene rings is 2. The van der Waals surface area contributed by atoms with Gasteiger partial charge in [0.25, 0.3) is 0 Å². The van der Waals surface area contributed by atoms with E-state index in [2.05, 4.69) is 10.3 Å². The van der Waals surface area contributed by atoms with Gasteiger partial charge in [-0.1, -0.05) is 17.7 Å². The van der Waals surface area contributed by atoms with E-state index < -0.39 is 0 Å². The van der Waals surface area contributed by atoms with Crippen molar-refractivity contribution >= 4 is 35.6 Å². The number of hydrogen-bond acceptors (Lipinski definition) is 3. The van der Waals surface area contributed by atoms with Crippen LogP contribution in [0.25, 0.3) is 0 Å². The summed E-state index contributed by atoms with van der Waals surface area (Å²) in [5.74, 6) is 1.13. The van der Waals surface area contributed by atoms with Crippen LogP contribution >= 0.6 is 24.0 Å². The van der Waals surface area contributed by atoms with Crippen molar-refractivity contribution in [3.05, 3.63) is 53.6 Å². The average Bonchev–Trinajstić information content (AvgIpc) is 2.49. The van der Waals surface area contributed by atoms with Crippen molar-refractivity contribution in [1.29, 1.82) is 0 Å². The summed E-state index contributed by atoms with van der Waals surface area (Å²) in [5.41, 5.74) is 8.54. The number of guanidine groups is 1. The summed E-state index contributed by atoms with van der Waals surface area (Å²) in [6.07, 6.45) is 0. The Bertz CT molecular complexity index is 642. The molecule has 0 aliphatic heterocycles. The molecule has 0 amide bonds. The van der Waals surface area contributed by atoms with Gasteiger partial charge in [-0.05, 0) is 37.3 Å². The van der Waals surface area contributed by atoms with Gasteiger partial charge in [-0.2, -0.15) is 0 Å². The molecule has 0 saturated carbocycles. The number of ether oxygens (including phenoxy) is 1. The van der Waals surface area contributed by atoms with Crippen LogP contribution in [0.4, 0.5) is 5.69 Å². The maximum atomic E-state index is 9.78. The maximum Gasteiger partial charge on any atom is 0.193 e. The number of aryl methyl sites for hydroxylation is 1. The molecular formula is C16H20IN3O2. The number of methoxy groups -OCH3 is 1. The van der Waals surface area contributed by atoms with E-state index >= 15 is 0 Å². The SMILES string of the molecule is COc1ccc(O)c(CN=C(N)Nc2ccc(C)cc2)c1.I. The number of nitrogens with one attached hydrogen (secondary N) is 1. The van der Waals surface area contributed by atoms with Crippen molar-refractivity contribution in [1.82, 2.24) is 0 Å². The van der Waals surface area contributed by atoms with E-state index in [0.717, 1.165) is 5.69 Å². The van der Waals surface area contributed by atoms with Gasteiger partial charge in [-0.15, -0.1) is 24.0 Å². The molecule has 4 N–H and O–H groups in total. The minimum atomic E-state index is 0. The van der Waals surface area contributed by atoms with Gasteiger partial charge in [-0.25, -0.2) is 4.99 Å². The summed E-state index contributed by atoms with van der Waals surface area (Å²) >= 11 is 0. The van der Waals surface area contributed by atoms with Gasteiger partial charge in [0.15, 0.2) is 5.96 Å². The molecule has 0 saturated heterocycles. The number of phenolic OH excluding ortho intramolecular Hbond substituents is 1. The van der Waals surface area contributed by atoms with Crippen LogP contribution in [0.15, 0.2) is 47.5 Å². The van der Waals surface area contributed by atoms with Gasteiger partial charge in [0.2, 0.25) is 0 Å². The number of nitrogens with two attached hydrogens (primary N) is 1. The molecule has 6 heteroatoms. The van der Waals surface area contributed by atoms with E-state index in [1.165, 1.54) is 5.56 Å². The second kappa shape index (κ2) is 8.47. The highest BCUT2D eigenvalue weighted by Gasteiger charge is 2.03. The molecule has 118 valence electrons. The van der Waals surface area contributed by atoms with Crippen LogP contribution in [0.3, 0.4) is 0 Å². The summed E-state index contributed by atoms with van der Waals surface area (Å²) in [7, 11) is 1.58. The first-order valence-corrected chi connectivity index (χ1v) is 6.58. The van der Waals surface area contributed by atoms with Crippen molar-refractivity contribution in [3.63, 3.8) is 0 Å². The normalized spacial score (nSPS) is 10.7. The van der Waals surface area contributed by atoms with Crippen LogP contribution in [0.1, 0.15) is 11.1 Å². The number of hydrogen-bond donors (Lipinski definition) is 3. The lowest BCUT2D eigenvalue weighted by Crippen LogP contribution is -2.22. The first-order chi connectivity index (χ1) is 10.1. The van der Waals surface area contributed by atoms with Crippen molar-refractivity contribution in [3.8, 4) is 11.5 Å². The predicted molar refractivity (Wildman–Crippen MR) is 100 cm³/mol. The highest BCUT2D eigenvalue weighted by Crippen LogP contribution is 2.23. The Morgan fingerprint density at radius 3 is 2.55 bits per heavy atom. The zero-order valence-electron chi connectivity index (χ0n) is 12.5. The zero-order valence-corrected chi connectivity index (χ0v) is 14.9. The lowest BCUT2D eigenvalue weighted by Gasteiger charge is -2.07. The first-order valence-electron chi connectivity index (χ1n) is 6.58. The Labute approximate surface area is 147 Å². The monoisotopic (exact) mass is 413 g/mol. The molecule has 0 spiro atoms. The molecule has 5 nitrogen and oxygen atoms in total. The summed E-state index contributed by atoms with van der Waals surface area (Å²) in [6.45, 7) is 2.29. The van der Waals surface area contributed by atoms with Crippen LogP contribution in [0, 0.1) is 6.92 Å². The highest BCUT2D eigenvalue weighted by atomic mass is 127. The molecule has 0 radical (unpaired) electrons. The molecule has 0 fully saturated rings. The standard InChI is InChI=1S/C16H19N3O2.HI/c1-11-3-5-13(6-4-11)19-16(17)18-10-12-9-14(21-2)7-8-15(12)20;/h3-9,20H,10H2,1-2H3,(H3,17,18,19);1H. The van der Waals surface area contributed by atoms with Crippen LogP contribution in [0.2, 0.25) is 0 Å². The number of rotatable bonds is 4. The topological polar surface area (TPSA) is 79.9 Å². The van der Waals surface area contributed by atoms with Gasteiger partial charge in [0.05, 0.1) is 13.7 Å². The number of phenols is 1.